The van der Waals surface area contributed by atoms with Gasteiger partial charge in [0.05, 0.1) is 11.1 Å². The van der Waals surface area contributed by atoms with Gasteiger partial charge >= 0.3 is 5.97 Å². The van der Waals surface area contributed by atoms with Crippen molar-refractivity contribution in [3.05, 3.63) is 35.4 Å². The summed E-state index contributed by atoms with van der Waals surface area (Å²) in [6.07, 6.45) is 0. The number of benzene rings is 1. The first-order valence-corrected chi connectivity index (χ1v) is 4.43. The van der Waals surface area contributed by atoms with Gasteiger partial charge in [-0.15, -0.1) is 0 Å². The van der Waals surface area contributed by atoms with Crippen molar-refractivity contribution in [3.8, 4) is 0 Å². The Bertz CT molecular complexity index is 349. The third-order valence-corrected chi connectivity index (χ3v) is 1.50. The maximum Gasteiger partial charge on any atom is 0.336 e. The van der Waals surface area contributed by atoms with Crippen LogP contribution in [0.5, 0.6) is 0 Å². The Morgan fingerprint density at radius 1 is 1.13 bits per heavy atom. The molecule has 82 valence electrons. The lowest BCUT2D eigenvalue weighted by atomic mass is 10.1. The van der Waals surface area contributed by atoms with Crippen molar-refractivity contribution in [3.63, 3.8) is 0 Å². The van der Waals surface area contributed by atoms with Gasteiger partial charge in [-0.1, -0.05) is 26.0 Å². The molecule has 0 aliphatic rings. The summed E-state index contributed by atoms with van der Waals surface area (Å²) < 4.78 is 0. The second-order valence-corrected chi connectivity index (χ2v) is 2.29. The largest absolute Gasteiger partial charge is 0.478 e. The fourth-order valence-electron chi connectivity index (χ4n) is 0.928. The topological polar surface area (TPSA) is 86.6 Å². The number of carboxylic acids is 1. The number of carbonyl (C=O) groups is 2. The molecule has 0 saturated carbocycles. The lowest BCUT2D eigenvalue weighted by molar-refractivity contribution is 0.0662. The molecule has 0 spiro atoms. The second kappa shape index (κ2) is 6.56. The molecule has 15 heavy (non-hydrogen) atoms. The molecular weight excluding hydrogens is 198 g/mol. The highest BCUT2D eigenvalue weighted by molar-refractivity contribution is 6.04. The number of carboxylic acid groups (broad SMARTS) is 1. The van der Waals surface area contributed by atoms with Gasteiger partial charge in [0.15, 0.2) is 0 Å². The molecule has 5 nitrogen and oxygen atoms in total. The maximum absolute atomic E-state index is 10.9. The highest BCUT2D eigenvalue weighted by atomic mass is 16.5. The maximum atomic E-state index is 10.9. The predicted molar refractivity (Wildman–Crippen MR) is 54.0 cm³/mol. The standard InChI is InChI=1S/C8H7NO4.C2H6/c10-7(9-13)5-3-1-2-4-6(5)8(11)12;1-2/h1-4,13H,(H,9,10)(H,11,12);1-2H3. The summed E-state index contributed by atoms with van der Waals surface area (Å²) in [4.78, 5) is 21.5. The lowest BCUT2D eigenvalue weighted by Gasteiger charge is -2.01. The summed E-state index contributed by atoms with van der Waals surface area (Å²) in [5, 5.41) is 17.0. The minimum atomic E-state index is -1.21. The summed E-state index contributed by atoms with van der Waals surface area (Å²) in [5.74, 6) is -2.04. The van der Waals surface area contributed by atoms with Crippen LogP contribution in [0.1, 0.15) is 34.6 Å². The summed E-state index contributed by atoms with van der Waals surface area (Å²) in [6.45, 7) is 4.00. The Kier molecular flexibility index (Phi) is 5.73. The van der Waals surface area contributed by atoms with Gasteiger partial charge in [0.1, 0.15) is 0 Å². The second-order valence-electron chi connectivity index (χ2n) is 2.29. The van der Waals surface area contributed by atoms with Crippen LogP contribution >= 0.6 is 0 Å². The van der Waals surface area contributed by atoms with Crippen LogP contribution in [-0.2, 0) is 0 Å². The first-order valence-electron chi connectivity index (χ1n) is 4.43. The van der Waals surface area contributed by atoms with Crippen molar-refractivity contribution in [1.82, 2.24) is 5.48 Å². The van der Waals surface area contributed by atoms with E-state index in [9.17, 15) is 9.59 Å². The van der Waals surface area contributed by atoms with Crippen LogP contribution in [0, 0.1) is 0 Å². The van der Waals surface area contributed by atoms with E-state index in [2.05, 4.69) is 0 Å². The van der Waals surface area contributed by atoms with E-state index < -0.39 is 11.9 Å². The summed E-state index contributed by atoms with van der Waals surface area (Å²) in [7, 11) is 0. The van der Waals surface area contributed by atoms with Crippen LogP contribution in [-0.4, -0.2) is 22.2 Å². The van der Waals surface area contributed by atoms with Gasteiger partial charge in [-0.3, -0.25) is 10.0 Å². The van der Waals surface area contributed by atoms with Gasteiger partial charge < -0.3 is 5.11 Å². The minimum absolute atomic E-state index is 0.0718. The van der Waals surface area contributed by atoms with Crippen molar-refractivity contribution in [2.24, 2.45) is 0 Å². The zero-order valence-corrected chi connectivity index (χ0v) is 8.52. The monoisotopic (exact) mass is 211 g/mol. The number of hydroxylamine groups is 1. The van der Waals surface area contributed by atoms with Crippen LogP contribution < -0.4 is 5.48 Å². The normalized spacial score (nSPS) is 8.47. The number of hydrogen-bond donors (Lipinski definition) is 3. The molecule has 1 aromatic carbocycles. The SMILES string of the molecule is CC.O=C(O)c1ccccc1C(=O)NO. The lowest BCUT2D eigenvalue weighted by Crippen LogP contribution is -2.21. The highest BCUT2D eigenvalue weighted by Gasteiger charge is 2.14. The van der Waals surface area contributed by atoms with Crippen molar-refractivity contribution in [2.45, 2.75) is 13.8 Å². The zero-order chi connectivity index (χ0) is 11.8. The van der Waals surface area contributed by atoms with E-state index in [0.29, 0.717) is 0 Å². The molecule has 0 radical (unpaired) electrons. The quantitative estimate of drug-likeness (QED) is 0.511. The molecule has 0 fully saturated rings. The van der Waals surface area contributed by atoms with Crippen molar-refractivity contribution >= 4 is 11.9 Å². The molecule has 0 aliphatic carbocycles. The van der Waals surface area contributed by atoms with Crippen molar-refractivity contribution in [2.75, 3.05) is 0 Å². The van der Waals surface area contributed by atoms with Crippen LogP contribution in [0.3, 0.4) is 0 Å². The number of carbonyl (C=O) groups excluding carboxylic acids is 1. The summed E-state index contributed by atoms with van der Waals surface area (Å²) >= 11 is 0. The number of hydrogen-bond acceptors (Lipinski definition) is 3. The van der Waals surface area contributed by atoms with Crippen LogP contribution in [0.4, 0.5) is 0 Å². The van der Waals surface area contributed by atoms with E-state index in [1.807, 2.05) is 13.8 Å². The van der Waals surface area contributed by atoms with E-state index in [4.69, 9.17) is 10.3 Å². The molecular formula is C10H13NO4. The zero-order valence-electron chi connectivity index (χ0n) is 8.52. The molecule has 1 rings (SSSR count). The predicted octanol–water partition coefficient (Wildman–Crippen LogP) is 1.53. The highest BCUT2D eigenvalue weighted by Crippen LogP contribution is 2.07. The smallest absolute Gasteiger partial charge is 0.336 e. The van der Waals surface area contributed by atoms with Gasteiger partial charge in [-0.05, 0) is 12.1 Å². The molecule has 5 heteroatoms. The van der Waals surface area contributed by atoms with Crippen molar-refractivity contribution in [1.29, 1.82) is 0 Å². The number of nitrogens with one attached hydrogen (secondary N) is 1. The van der Waals surface area contributed by atoms with E-state index >= 15 is 0 Å². The summed E-state index contributed by atoms with van der Waals surface area (Å²) in [5.41, 5.74) is 1.16. The average molecular weight is 211 g/mol. The first kappa shape index (κ1) is 13.1. The number of rotatable bonds is 2. The molecule has 0 atom stereocenters. The van der Waals surface area contributed by atoms with Crippen molar-refractivity contribution < 1.29 is 19.9 Å². The summed E-state index contributed by atoms with van der Waals surface area (Å²) in [6, 6.07) is 5.61. The fourth-order valence-corrected chi connectivity index (χ4v) is 0.928. The van der Waals surface area contributed by atoms with Crippen LogP contribution in [0.2, 0.25) is 0 Å². The average Bonchev–Trinajstić information content (AvgIpc) is 2.30. The van der Waals surface area contributed by atoms with E-state index in [1.165, 1.54) is 29.7 Å². The molecule has 0 unspecified atom stereocenters. The minimum Gasteiger partial charge on any atom is -0.478 e. The van der Waals surface area contributed by atoms with E-state index in [-0.39, 0.29) is 11.1 Å². The Hall–Kier alpha value is -1.88. The Morgan fingerprint density at radius 3 is 2.00 bits per heavy atom. The molecule has 0 aliphatic heterocycles. The van der Waals surface area contributed by atoms with Gasteiger partial charge in [-0.25, -0.2) is 10.3 Å². The van der Waals surface area contributed by atoms with Gasteiger partial charge in [-0.2, -0.15) is 0 Å². The van der Waals surface area contributed by atoms with Crippen LogP contribution in [0.25, 0.3) is 0 Å². The van der Waals surface area contributed by atoms with Crippen LogP contribution in [0.15, 0.2) is 24.3 Å². The molecule has 3 N–H and O–H groups in total. The van der Waals surface area contributed by atoms with Gasteiger partial charge in [0, 0.05) is 0 Å². The molecule has 0 saturated heterocycles. The van der Waals surface area contributed by atoms with Gasteiger partial charge in [0.25, 0.3) is 5.91 Å². The fraction of sp³-hybridized carbons (Fsp3) is 0.200. The van der Waals surface area contributed by atoms with Gasteiger partial charge in [0.2, 0.25) is 0 Å². The third-order valence-electron chi connectivity index (χ3n) is 1.50. The number of aromatic carboxylic acids is 1. The molecule has 0 aromatic heterocycles. The van der Waals surface area contributed by atoms with E-state index in [1.54, 1.807) is 0 Å². The third kappa shape index (κ3) is 3.40. The molecule has 1 aromatic rings. The molecule has 0 bridgehead atoms. The van der Waals surface area contributed by atoms with E-state index in [0.717, 1.165) is 0 Å². The molecule has 0 heterocycles. The Balaban J connectivity index is 0.000000921. The Labute approximate surface area is 87.3 Å². The molecule has 1 amide bonds. The Morgan fingerprint density at radius 2 is 1.60 bits per heavy atom. The number of amides is 1. The first-order chi connectivity index (χ1) is 7.16.